The van der Waals surface area contributed by atoms with Crippen LogP contribution in [0.15, 0.2) is 156 Å². The number of unbranched alkanes of at least 4 members (excludes halogenated alkanes) is 4. The zero-order valence-electron chi connectivity index (χ0n) is 58.4. The van der Waals surface area contributed by atoms with Gasteiger partial charge in [0.05, 0.1) is 0 Å². The van der Waals surface area contributed by atoms with Crippen LogP contribution in [0.25, 0.3) is 146 Å². The average Bonchev–Trinajstić information content (AvgIpc) is 1.50. The third-order valence-corrected chi connectivity index (χ3v) is 39.5. The molecule has 0 aliphatic heterocycles. The van der Waals surface area contributed by atoms with E-state index in [0.29, 0.717) is 0 Å². The van der Waals surface area contributed by atoms with Crippen LogP contribution in [0, 0.1) is 0 Å². The largest absolute Gasteiger partial charge is 0.143 e. The summed E-state index contributed by atoms with van der Waals surface area (Å²) in [5.74, 6) is 0. The molecule has 0 nitrogen and oxygen atoms in total. The van der Waals surface area contributed by atoms with Crippen LogP contribution in [0.5, 0.6) is 0 Å². The smallest absolute Gasteiger partial charge is 0.0481 e. The Hall–Kier alpha value is -4.80. The fourth-order valence-electron chi connectivity index (χ4n) is 13.5. The second-order valence-electron chi connectivity index (χ2n) is 25.7. The summed E-state index contributed by atoms with van der Waals surface area (Å²) in [6.07, 6.45) is 16.1. The zero-order valence-corrected chi connectivity index (χ0v) is 71.5. The van der Waals surface area contributed by atoms with Crippen molar-refractivity contribution in [3.05, 3.63) is 201 Å². The Kier molecular flexibility index (Phi) is 22.4. The fraction of sp³-hybridized carbons (Fsp3) is 0.256. The van der Waals surface area contributed by atoms with E-state index in [4.69, 9.17) is 0 Å². The van der Waals surface area contributed by atoms with Crippen LogP contribution in [-0.2, 0) is 51.4 Å². The van der Waals surface area contributed by atoms with Gasteiger partial charge in [0.25, 0.3) is 0 Å². The monoisotopic (exact) mass is 1620 g/mol. The van der Waals surface area contributed by atoms with Crippen LogP contribution in [0.3, 0.4) is 0 Å². The first-order chi connectivity index (χ1) is 50.1. The molecule has 102 heavy (non-hydrogen) atoms. The third-order valence-electron chi connectivity index (χ3n) is 19.1. The van der Waals surface area contributed by atoms with Crippen molar-refractivity contribution in [2.24, 2.45) is 0 Å². The molecule has 0 aliphatic rings. The minimum atomic E-state index is 1.01. The van der Waals surface area contributed by atoms with E-state index >= 15 is 0 Å². The van der Waals surface area contributed by atoms with Crippen molar-refractivity contribution in [3.8, 4) is 146 Å². The van der Waals surface area contributed by atoms with E-state index in [0.717, 1.165) is 44.9 Å². The molecule has 16 heteroatoms. The van der Waals surface area contributed by atoms with Gasteiger partial charge in [0.2, 0.25) is 0 Å². The minimum Gasteiger partial charge on any atom is -0.143 e. The lowest BCUT2D eigenvalue weighted by molar-refractivity contribution is 0.718. The molecule has 0 atom stereocenters. The summed E-state index contributed by atoms with van der Waals surface area (Å²) in [6.45, 7) is 18.5. The van der Waals surface area contributed by atoms with Gasteiger partial charge in [-0.25, -0.2) is 0 Å². The predicted molar refractivity (Wildman–Crippen MR) is 477 cm³/mol. The van der Waals surface area contributed by atoms with Crippen molar-refractivity contribution in [1.82, 2.24) is 0 Å². The van der Waals surface area contributed by atoms with Crippen molar-refractivity contribution >= 4 is 181 Å². The molecule has 518 valence electrons. The van der Waals surface area contributed by atoms with Gasteiger partial charge < -0.3 is 0 Å². The van der Waals surface area contributed by atoms with Crippen LogP contribution < -0.4 is 0 Å². The van der Waals surface area contributed by atoms with Gasteiger partial charge in [-0.1, -0.05) is 81.1 Å². The van der Waals surface area contributed by atoms with Crippen molar-refractivity contribution in [2.75, 3.05) is 0 Å². The molecule has 0 unspecified atom stereocenters. The van der Waals surface area contributed by atoms with Crippen LogP contribution in [0.4, 0.5) is 0 Å². The number of rotatable bonds is 29. The van der Waals surface area contributed by atoms with Crippen molar-refractivity contribution in [1.29, 1.82) is 0 Å². The summed E-state index contributed by atoms with van der Waals surface area (Å²) >= 11 is 31.4. The number of hydrogen-bond acceptors (Lipinski definition) is 16. The maximum Gasteiger partial charge on any atom is 0.0481 e. The molecule has 0 radical (unpaired) electrons. The number of thiophene rings is 16. The van der Waals surface area contributed by atoms with E-state index in [9.17, 15) is 0 Å². The first kappa shape index (κ1) is 71.5. The molecule has 0 saturated carbocycles. The Labute approximate surface area is 666 Å². The van der Waals surface area contributed by atoms with Crippen molar-refractivity contribution in [3.63, 3.8) is 0 Å². The van der Waals surface area contributed by atoms with Crippen LogP contribution in [0.2, 0.25) is 0 Å². The van der Waals surface area contributed by atoms with Gasteiger partial charge in [0.1, 0.15) is 0 Å². The van der Waals surface area contributed by atoms with E-state index in [2.05, 4.69) is 212 Å². The highest BCUT2D eigenvalue weighted by atomic mass is 32.2. The topological polar surface area (TPSA) is 0 Å². The second-order valence-corrected chi connectivity index (χ2v) is 42.5. The van der Waals surface area contributed by atoms with E-state index in [-0.39, 0.29) is 0 Å². The SMILES string of the molecule is CCCCCc1ccsc1-c1cc(CCCCC)c(-c2ccc(-c3ccc(-c4ccc(-c5ccc(-c6sc(-c7sc(-c8cc(CC)c(-c9cc(CC)c(-c%10ccc(-c%11ccc(-c%12ccc(-c%13ccc(-c%14sc(-c%15sccc%15CC)cc%14CC)s%13)s%12)s%11)s%10)s9)s8)cc7CC)cc6CC)s5)s4)s3)s2)s1. The van der Waals surface area contributed by atoms with Gasteiger partial charge >= 0.3 is 0 Å². The summed E-state index contributed by atoms with van der Waals surface area (Å²) < 4.78 is 0. The Balaban J connectivity index is 0.591. The molecule has 0 N–H and O–H groups in total. The molecule has 16 aromatic rings. The normalized spacial score (nSPS) is 11.9. The first-order valence-corrected chi connectivity index (χ1v) is 49.0. The minimum absolute atomic E-state index is 1.01. The van der Waals surface area contributed by atoms with Crippen molar-refractivity contribution in [2.45, 2.75) is 145 Å². The fourth-order valence-corrected chi connectivity index (χ4v) is 32.8. The summed E-state index contributed by atoms with van der Waals surface area (Å²) in [5, 5.41) is 4.56. The molecule has 0 fully saturated rings. The molecule has 16 aromatic heterocycles. The summed E-state index contributed by atoms with van der Waals surface area (Å²) in [6, 6.07) is 57.5. The Bertz CT molecular complexity index is 5510. The van der Waals surface area contributed by atoms with Gasteiger partial charge in [-0.3, -0.25) is 0 Å². The quantitative estimate of drug-likeness (QED) is 0.0410. The molecule has 0 amide bonds. The highest BCUT2D eigenvalue weighted by molar-refractivity contribution is 7.34. The van der Waals surface area contributed by atoms with Gasteiger partial charge in [0, 0.05) is 146 Å². The molecule has 16 heterocycles. The molecular weight excluding hydrogens is 1550 g/mol. The molecule has 0 aromatic carbocycles. The van der Waals surface area contributed by atoms with E-state index in [1.807, 2.05) is 181 Å². The molecule has 0 saturated heterocycles. The number of aryl methyl sites for hydroxylation is 8. The molecular formula is C86H78S16. The maximum absolute atomic E-state index is 2.54. The Morgan fingerprint density at radius 1 is 0.176 bits per heavy atom. The second kappa shape index (κ2) is 31.9. The first-order valence-electron chi connectivity index (χ1n) is 35.8. The van der Waals surface area contributed by atoms with Crippen LogP contribution in [-0.4, -0.2) is 0 Å². The predicted octanol–water partition coefficient (Wildman–Crippen LogP) is 34.5. The average molecular weight is 1620 g/mol. The van der Waals surface area contributed by atoms with Gasteiger partial charge in [-0.05, 0) is 265 Å². The van der Waals surface area contributed by atoms with Gasteiger partial charge in [-0.2, -0.15) is 0 Å². The van der Waals surface area contributed by atoms with Crippen LogP contribution in [0.1, 0.15) is 138 Å². The lowest BCUT2D eigenvalue weighted by atomic mass is 10.0. The zero-order chi connectivity index (χ0) is 69.5. The summed E-state index contributed by atoms with van der Waals surface area (Å²) in [5.41, 5.74) is 11.8. The Morgan fingerprint density at radius 2 is 0.392 bits per heavy atom. The third kappa shape index (κ3) is 14.5. The molecule has 0 bridgehead atoms. The van der Waals surface area contributed by atoms with E-state index in [1.54, 1.807) is 0 Å². The van der Waals surface area contributed by atoms with Crippen LogP contribution >= 0.6 is 181 Å². The standard InChI is InChI=1S/C86H78S16/c1-9-17-19-21-55-40-42-88-80(55)76-48-56(22-20-18-10-2)86(100-76)72-38-34-68(96-72)64-30-26-60(92-64)59-25-29-63(91-59)67-33-37-71(95-67)83-54(16-8)47-78(102-83)85-51(13-5)44-74(98-85)73-43-50(12-4)84(97-73)77-46-53(15-7)82(101-77)70-36-32-66(94-70)62-28-24-58(90-62)57-23-27-61(89-57)65-31-35-69(93-65)81-52(14-6)45-75(99-81)79-49(11-3)39-41-87-79/h23-48H,9-22H2,1-8H3. The summed E-state index contributed by atoms with van der Waals surface area (Å²) in [7, 11) is 0. The number of hydrogen-bond donors (Lipinski definition) is 0. The molecule has 16 rings (SSSR count). The summed E-state index contributed by atoms with van der Waals surface area (Å²) in [4.78, 5) is 41.8. The van der Waals surface area contributed by atoms with E-state index < -0.39 is 0 Å². The van der Waals surface area contributed by atoms with Gasteiger partial charge in [0.15, 0.2) is 0 Å². The maximum atomic E-state index is 2.54. The highest BCUT2D eigenvalue weighted by Crippen LogP contribution is 2.55. The van der Waals surface area contributed by atoms with Gasteiger partial charge in [-0.15, -0.1) is 181 Å². The lowest BCUT2D eigenvalue weighted by Crippen LogP contribution is -1.85. The highest BCUT2D eigenvalue weighted by Gasteiger charge is 2.26. The van der Waals surface area contributed by atoms with Crippen molar-refractivity contribution < 1.29 is 0 Å². The lowest BCUT2D eigenvalue weighted by Gasteiger charge is -2.01. The Morgan fingerprint density at radius 3 is 0.696 bits per heavy atom. The molecule has 0 spiro atoms. The molecule has 0 aliphatic carbocycles. The van der Waals surface area contributed by atoms with E-state index in [1.165, 1.54) is 236 Å².